The largest absolute Gasteiger partial charge is 0.126 e. The van der Waals surface area contributed by atoms with Crippen LogP contribution in [-0.4, -0.2) is 23.3 Å². The summed E-state index contributed by atoms with van der Waals surface area (Å²) in [7, 11) is 0. The van der Waals surface area contributed by atoms with Crippen molar-refractivity contribution >= 4 is 58.5 Å². The number of benzene rings is 2. The Morgan fingerprint density at radius 1 is 0.448 bits per heavy atom. The van der Waals surface area contributed by atoms with E-state index in [1.165, 1.54) is 64.1 Å². The lowest BCUT2D eigenvalue weighted by Crippen LogP contribution is -2.02. The van der Waals surface area contributed by atoms with Crippen LogP contribution in [0.1, 0.15) is 44.5 Å². The standard InChI is InChI=1S/C24H32Cl2S3/c1-13-17(5)23(18(6)14(2)21(13)27-11-9-25)29-24-19(7)15(3)22(28-12-10-26)16(4)20(24)8/h9-12H2,1-8H3. The van der Waals surface area contributed by atoms with Crippen molar-refractivity contribution in [3.63, 3.8) is 0 Å². The van der Waals surface area contributed by atoms with Gasteiger partial charge < -0.3 is 0 Å². The van der Waals surface area contributed by atoms with Gasteiger partial charge >= 0.3 is 0 Å². The van der Waals surface area contributed by atoms with Crippen molar-refractivity contribution in [1.29, 1.82) is 0 Å². The van der Waals surface area contributed by atoms with Gasteiger partial charge in [-0.2, -0.15) is 0 Å². The van der Waals surface area contributed by atoms with Gasteiger partial charge in [0.25, 0.3) is 0 Å². The van der Waals surface area contributed by atoms with E-state index in [-0.39, 0.29) is 0 Å². The molecule has 0 heterocycles. The maximum absolute atomic E-state index is 5.95. The van der Waals surface area contributed by atoms with E-state index in [1.54, 1.807) is 0 Å². The third kappa shape index (κ3) is 5.29. The lowest BCUT2D eigenvalue weighted by atomic mass is 10.0. The van der Waals surface area contributed by atoms with Crippen LogP contribution in [0.15, 0.2) is 19.6 Å². The van der Waals surface area contributed by atoms with E-state index in [4.69, 9.17) is 23.2 Å². The van der Waals surface area contributed by atoms with Crippen LogP contribution in [0.3, 0.4) is 0 Å². The first kappa shape index (κ1) is 25.3. The Labute approximate surface area is 200 Å². The Morgan fingerprint density at radius 3 is 0.931 bits per heavy atom. The van der Waals surface area contributed by atoms with Gasteiger partial charge in [-0.15, -0.1) is 46.7 Å². The molecular weight excluding hydrogens is 455 g/mol. The number of thioether (sulfide) groups is 2. The highest BCUT2D eigenvalue weighted by Gasteiger charge is 2.20. The molecule has 0 saturated carbocycles. The van der Waals surface area contributed by atoms with Crippen molar-refractivity contribution in [1.82, 2.24) is 0 Å². The summed E-state index contributed by atoms with van der Waals surface area (Å²) in [4.78, 5) is 5.61. The topological polar surface area (TPSA) is 0 Å². The van der Waals surface area contributed by atoms with Crippen LogP contribution in [0.5, 0.6) is 0 Å². The smallest absolute Gasteiger partial charge is 0.0317 e. The van der Waals surface area contributed by atoms with Crippen LogP contribution in [0.25, 0.3) is 0 Å². The molecule has 0 fully saturated rings. The summed E-state index contributed by atoms with van der Waals surface area (Å²) in [6, 6.07) is 0. The van der Waals surface area contributed by atoms with Crippen molar-refractivity contribution < 1.29 is 0 Å². The van der Waals surface area contributed by atoms with Crippen LogP contribution in [0.2, 0.25) is 0 Å². The molecule has 0 nitrogen and oxygen atoms in total. The van der Waals surface area contributed by atoms with Crippen molar-refractivity contribution in [3.05, 3.63) is 44.5 Å². The van der Waals surface area contributed by atoms with Crippen molar-refractivity contribution in [3.8, 4) is 0 Å². The first-order chi connectivity index (χ1) is 13.7. The molecule has 2 aromatic carbocycles. The van der Waals surface area contributed by atoms with Gasteiger partial charge in [0.2, 0.25) is 0 Å². The molecule has 0 saturated heterocycles. The molecule has 0 spiro atoms. The summed E-state index contributed by atoms with van der Waals surface area (Å²) in [5.74, 6) is 3.27. The fourth-order valence-corrected chi connectivity index (χ4v) is 7.54. The Morgan fingerprint density at radius 2 is 0.690 bits per heavy atom. The second-order valence-electron chi connectivity index (χ2n) is 7.49. The van der Waals surface area contributed by atoms with E-state index in [1.807, 2.05) is 35.3 Å². The van der Waals surface area contributed by atoms with E-state index in [2.05, 4.69) is 55.4 Å². The van der Waals surface area contributed by atoms with E-state index >= 15 is 0 Å². The maximum Gasteiger partial charge on any atom is 0.0317 e. The zero-order valence-corrected chi connectivity index (χ0v) is 22.8. The highest BCUT2D eigenvalue weighted by atomic mass is 35.5. The molecule has 0 unspecified atom stereocenters. The third-order valence-electron chi connectivity index (χ3n) is 5.83. The molecule has 0 amide bonds. The first-order valence-corrected chi connectivity index (χ1v) is 13.8. The summed E-state index contributed by atoms with van der Waals surface area (Å²) in [5, 5.41) is 0. The highest BCUT2D eigenvalue weighted by molar-refractivity contribution is 8.00. The predicted octanol–water partition coefficient (Wildman–Crippen LogP) is 8.97. The lowest BCUT2D eigenvalue weighted by molar-refractivity contribution is 1.04. The van der Waals surface area contributed by atoms with E-state index in [0.717, 1.165) is 11.5 Å². The lowest BCUT2D eigenvalue weighted by Gasteiger charge is -2.23. The molecule has 160 valence electrons. The Kier molecular flexibility index (Phi) is 9.69. The van der Waals surface area contributed by atoms with Crippen molar-refractivity contribution in [2.24, 2.45) is 0 Å². The van der Waals surface area contributed by atoms with Crippen LogP contribution in [0.4, 0.5) is 0 Å². The zero-order valence-electron chi connectivity index (χ0n) is 18.8. The summed E-state index contributed by atoms with van der Waals surface area (Å²) >= 11 is 17.6. The molecule has 0 aliphatic heterocycles. The second kappa shape index (κ2) is 11.1. The van der Waals surface area contributed by atoms with Gasteiger partial charge in [-0.3, -0.25) is 0 Å². The molecule has 0 radical (unpaired) electrons. The third-order valence-corrected chi connectivity index (χ3v) is 10.9. The number of alkyl halides is 2. The number of hydrogen-bond acceptors (Lipinski definition) is 3. The van der Waals surface area contributed by atoms with Gasteiger partial charge in [-0.1, -0.05) is 11.8 Å². The Balaban J connectivity index is 2.58. The van der Waals surface area contributed by atoms with Gasteiger partial charge in [0.1, 0.15) is 0 Å². The summed E-state index contributed by atoms with van der Waals surface area (Å²) < 4.78 is 0. The summed E-state index contributed by atoms with van der Waals surface area (Å²) in [5.41, 5.74) is 11.1. The highest BCUT2D eigenvalue weighted by Crippen LogP contribution is 2.45. The molecule has 0 N–H and O–H groups in total. The number of halogens is 2. The minimum atomic E-state index is 0.684. The molecule has 0 aromatic heterocycles. The monoisotopic (exact) mass is 486 g/mol. The van der Waals surface area contributed by atoms with Gasteiger partial charge in [0, 0.05) is 42.8 Å². The SMILES string of the molecule is Cc1c(C)c(Sc2c(C)c(C)c(SCCCl)c(C)c2C)c(C)c(C)c1SCCCl. The van der Waals surface area contributed by atoms with E-state index in [0.29, 0.717) is 11.8 Å². The molecular formula is C24H32Cl2S3. The van der Waals surface area contributed by atoms with Gasteiger partial charge in [-0.25, -0.2) is 0 Å². The zero-order chi connectivity index (χ0) is 21.9. The van der Waals surface area contributed by atoms with Crippen LogP contribution >= 0.6 is 58.5 Å². The number of hydrogen-bond donors (Lipinski definition) is 0. The quantitative estimate of drug-likeness (QED) is 0.269. The fourth-order valence-electron chi connectivity index (χ4n) is 3.61. The van der Waals surface area contributed by atoms with Crippen LogP contribution < -0.4 is 0 Å². The molecule has 0 bridgehead atoms. The molecule has 0 aliphatic carbocycles. The van der Waals surface area contributed by atoms with Gasteiger partial charge in [0.15, 0.2) is 0 Å². The minimum absolute atomic E-state index is 0.684. The van der Waals surface area contributed by atoms with Crippen molar-refractivity contribution in [2.45, 2.75) is 75.0 Å². The molecule has 5 heteroatoms. The molecule has 2 rings (SSSR count). The Hall–Kier alpha value is 0.0700. The first-order valence-electron chi connectivity index (χ1n) is 9.93. The molecule has 0 atom stereocenters. The average Bonchev–Trinajstić information content (AvgIpc) is 2.70. The maximum atomic E-state index is 5.95. The van der Waals surface area contributed by atoms with E-state index < -0.39 is 0 Å². The van der Waals surface area contributed by atoms with Crippen LogP contribution in [-0.2, 0) is 0 Å². The van der Waals surface area contributed by atoms with Crippen molar-refractivity contribution in [2.75, 3.05) is 23.3 Å². The molecule has 0 aliphatic rings. The van der Waals surface area contributed by atoms with E-state index in [9.17, 15) is 0 Å². The van der Waals surface area contributed by atoms with Crippen LogP contribution in [0, 0.1) is 55.4 Å². The van der Waals surface area contributed by atoms with Gasteiger partial charge in [0.05, 0.1) is 0 Å². The second-order valence-corrected chi connectivity index (χ2v) is 11.5. The Bertz CT molecular complexity index is 772. The molecule has 29 heavy (non-hydrogen) atoms. The fraction of sp³-hybridized carbons (Fsp3) is 0.500. The summed E-state index contributed by atoms with van der Waals surface area (Å²) in [6.07, 6.45) is 0. The predicted molar refractivity (Wildman–Crippen MR) is 138 cm³/mol. The minimum Gasteiger partial charge on any atom is -0.126 e. The summed E-state index contributed by atoms with van der Waals surface area (Å²) in [6.45, 7) is 18.1. The molecule has 2 aromatic rings. The average molecular weight is 488 g/mol. The normalized spacial score (nSPS) is 11.4. The number of rotatable bonds is 8. The van der Waals surface area contributed by atoms with Gasteiger partial charge in [-0.05, 0) is 99.9 Å².